The summed E-state index contributed by atoms with van der Waals surface area (Å²) in [4.78, 5) is 14.7. The van der Waals surface area contributed by atoms with E-state index in [-0.39, 0.29) is 23.1 Å². The van der Waals surface area contributed by atoms with Gasteiger partial charge < -0.3 is 20.2 Å². The van der Waals surface area contributed by atoms with Gasteiger partial charge in [0.25, 0.3) is 0 Å². The molecule has 1 aromatic heterocycles. The monoisotopic (exact) mass is 352 g/mol. The fourth-order valence-corrected chi connectivity index (χ4v) is 2.97. The van der Waals surface area contributed by atoms with Gasteiger partial charge in [-0.25, -0.2) is 0 Å². The van der Waals surface area contributed by atoms with E-state index in [9.17, 15) is 15.0 Å². The van der Waals surface area contributed by atoms with E-state index < -0.39 is 5.97 Å². The first-order valence-electron chi connectivity index (χ1n) is 7.40. The Bertz CT molecular complexity index is 756. The van der Waals surface area contributed by atoms with Gasteiger partial charge in [-0.2, -0.15) is 5.10 Å². The average molecular weight is 353 g/mol. The molecule has 9 heteroatoms. The quantitative estimate of drug-likeness (QED) is 0.656. The summed E-state index contributed by atoms with van der Waals surface area (Å²) in [5.41, 5.74) is 1.83. The summed E-state index contributed by atoms with van der Waals surface area (Å²) in [5.74, 6) is -1.13. The van der Waals surface area contributed by atoms with Crippen LogP contribution in [0.15, 0.2) is 18.3 Å². The Morgan fingerprint density at radius 3 is 2.58 bits per heavy atom. The molecule has 0 radical (unpaired) electrons. The predicted molar refractivity (Wildman–Crippen MR) is 88.7 cm³/mol. The number of carbonyl (C=O) groups is 1. The number of rotatable bonds is 4. The Morgan fingerprint density at radius 1 is 1.21 bits per heavy atom. The summed E-state index contributed by atoms with van der Waals surface area (Å²) in [5, 5.41) is 35.5. The van der Waals surface area contributed by atoms with Crippen LogP contribution in [0.3, 0.4) is 0 Å². The molecule has 24 heavy (non-hydrogen) atoms. The van der Waals surface area contributed by atoms with Gasteiger partial charge >= 0.3 is 5.97 Å². The SMILES string of the molecule is O=C(O)CN1CCN(c2cn[nH]c2-c2cc(Cl)c(O)cc2O)CC1. The van der Waals surface area contributed by atoms with Gasteiger partial charge in [-0.3, -0.25) is 14.8 Å². The molecule has 3 rings (SSSR count). The minimum absolute atomic E-state index is 0.0282. The second kappa shape index (κ2) is 6.58. The van der Waals surface area contributed by atoms with Crippen LogP contribution in [0.5, 0.6) is 11.5 Å². The first-order valence-corrected chi connectivity index (χ1v) is 7.78. The van der Waals surface area contributed by atoms with E-state index >= 15 is 0 Å². The molecule has 0 amide bonds. The average Bonchev–Trinajstić information content (AvgIpc) is 3.00. The molecule has 1 saturated heterocycles. The van der Waals surface area contributed by atoms with E-state index in [2.05, 4.69) is 15.1 Å². The number of hydrogen-bond donors (Lipinski definition) is 4. The lowest BCUT2D eigenvalue weighted by molar-refractivity contribution is -0.138. The van der Waals surface area contributed by atoms with Crippen molar-refractivity contribution in [3.05, 3.63) is 23.4 Å². The summed E-state index contributed by atoms with van der Waals surface area (Å²) in [6, 6.07) is 2.66. The Labute approximate surface area is 142 Å². The number of phenols is 2. The van der Waals surface area contributed by atoms with Gasteiger partial charge in [-0.05, 0) is 6.07 Å². The van der Waals surface area contributed by atoms with Gasteiger partial charge in [-0.15, -0.1) is 0 Å². The van der Waals surface area contributed by atoms with Crippen molar-refractivity contribution in [1.29, 1.82) is 0 Å². The molecule has 2 heterocycles. The Morgan fingerprint density at radius 2 is 1.92 bits per heavy atom. The smallest absolute Gasteiger partial charge is 0.317 e. The molecule has 1 aliphatic heterocycles. The number of H-pyrrole nitrogens is 1. The van der Waals surface area contributed by atoms with Crippen LogP contribution in [0, 0.1) is 0 Å². The normalized spacial score (nSPS) is 15.6. The summed E-state index contributed by atoms with van der Waals surface area (Å²) < 4.78 is 0. The van der Waals surface area contributed by atoms with Crippen LogP contribution in [-0.4, -0.2) is 69.1 Å². The molecule has 4 N–H and O–H groups in total. The number of nitrogens with zero attached hydrogens (tertiary/aromatic N) is 3. The molecule has 0 unspecified atom stereocenters. The van der Waals surface area contributed by atoms with Crippen molar-refractivity contribution in [3.8, 4) is 22.8 Å². The maximum Gasteiger partial charge on any atom is 0.317 e. The number of phenolic OH excluding ortho intramolecular Hbond substituents is 2. The summed E-state index contributed by atoms with van der Waals surface area (Å²) in [6.07, 6.45) is 1.66. The summed E-state index contributed by atoms with van der Waals surface area (Å²) in [7, 11) is 0. The molecular formula is C15H17ClN4O4. The van der Waals surface area contributed by atoms with Gasteiger partial charge in [0.15, 0.2) is 0 Å². The van der Waals surface area contributed by atoms with E-state index in [1.807, 2.05) is 4.90 Å². The lowest BCUT2D eigenvalue weighted by atomic mass is 10.1. The van der Waals surface area contributed by atoms with Gasteiger partial charge in [-0.1, -0.05) is 11.6 Å². The van der Waals surface area contributed by atoms with E-state index in [1.54, 1.807) is 6.20 Å². The zero-order chi connectivity index (χ0) is 17.3. The number of halogens is 1. The van der Waals surface area contributed by atoms with E-state index in [0.29, 0.717) is 37.4 Å². The maximum atomic E-state index is 10.8. The maximum absolute atomic E-state index is 10.8. The van der Waals surface area contributed by atoms with Crippen LogP contribution in [-0.2, 0) is 4.79 Å². The molecule has 1 aromatic carbocycles. The highest BCUT2D eigenvalue weighted by Crippen LogP contribution is 2.40. The molecule has 0 bridgehead atoms. The van der Waals surface area contributed by atoms with E-state index in [1.165, 1.54) is 12.1 Å². The molecule has 0 spiro atoms. The summed E-state index contributed by atoms with van der Waals surface area (Å²) >= 11 is 5.94. The minimum Gasteiger partial charge on any atom is -0.507 e. The lowest BCUT2D eigenvalue weighted by Gasteiger charge is -2.35. The van der Waals surface area contributed by atoms with Crippen LogP contribution in [0.2, 0.25) is 5.02 Å². The van der Waals surface area contributed by atoms with Crippen LogP contribution in [0.25, 0.3) is 11.3 Å². The Kier molecular flexibility index (Phi) is 4.50. The Hall–Kier alpha value is -2.45. The second-order valence-corrected chi connectivity index (χ2v) is 6.02. The third-order valence-corrected chi connectivity index (χ3v) is 4.33. The molecule has 0 saturated carbocycles. The number of hydrogen-bond acceptors (Lipinski definition) is 6. The van der Waals surface area contributed by atoms with Gasteiger partial charge in [0.1, 0.15) is 11.5 Å². The number of carboxylic acids is 1. The number of piperazine rings is 1. The molecule has 2 aromatic rings. The first-order chi connectivity index (χ1) is 11.5. The highest BCUT2D eigenvalue weighted by atomic mass is 35.5. The molecular weight excluding hydrogens is 336 g/mol. The van der Waals surface area contributed by atoms with Crippen molar-refractivity contribution in [3.63, 3.8) is 0 Å². The number of aromatic hydroxyl groups is 2. The van der Waals surface area contributed by atoms with Crippen molar-refractivity contribution < 1.29 is 20.1 Å². The minimum atomic E-state index is -0.837. The molecule has 128 valence electrons. The largest absolute Gasteiger partial charge is 0.507 e. The molecule has 0 aliphatic carbocycles. The van der Waals surface area contributed by atoms with Gasteiger partial charge in [0, 0.05) is 37.8 Å². The number of carboxylic acid groups (broad SMARTS) is 1. The highest BCUT2D eigenvalue weighted by Gasteiger charge is 2.23. The second-order valence-electron chi connectivity index (χ2n) is 5.61. The van der Waals surface area contributed by atoms with Crippen LogP contribution >= 0.6 is 11.6 Å². The third kappa shape index (κ3) is 3.24. The van der Waals surface area contributed by atoms with E-state index in [0.717, 1.165) is 5.69 Å². The molecule has 1 aliphatic rings. The zero-order valence-electron chi connectivity index (χ0n) is 12.7. The van der Waals surface area contributed by atoms with Crippen LogP contribution in [0.4, 0.5) is 5.69 Å². The highest BCUT2D eigenvalue weighted by molar-refractivity contribution is 6.32. The first kappa shape index (κ1) is 16.4. The number of anilines is 1. The van der Waals surface area contributed by atoms with Gasteiger partial charge in [0.2, 0.25) is 0 Å². The topological polar surface area (TPSA) is 113 Å². The third-order valence-electron chi connectivity index (χ3n) is 4.03. The standard InChI is InChI=1S/C15H17ClN4O4/c16-10-5-9(12(21)6-13(10)22)15-11(7-17-18-15)20-3-1-19(2-4-20)8-14(23)24/h5-7,21-22H,1-4,8H2,(H,17,18)(H,23,24). The number of nitrogens with one attached hydrogen (secondary N) is 1. The molecule has 0 atom stereocenters. The van der Waals surface area contributed by atoms with Crippen molar-refractivity contribution in [1.82, 2.24) is 15.1 Å². The fourth-order valence-electron chi connectivity index (χ4n) is 2.81. The van der Waals surface area contributed by atoms with Crippen molar-refractivity contribution in [2.45, 2.75) is 0 Å². The predicted octanol–water partition coefficient (Wildman–Crippen LogP) is 1.35. The fraction of sp³-hybridized carbons (Fsp3) is 0.333. The lowest BCUT2D eigenvalue weighted by Crippen LogP contribution is -2.48. The van der Waals surface area contributed by atoms with Gasteiger partial charge in [0.05, 0.1) is 29.1 Å². The van der Waals surface area contributed by atoms with E-state index in [4.69, 9.17) is 16.7 Å². The molecule has 1 fully saturated rings. The number of aliphatic carboxylic acids is 1. The number of benzene rings is 1. The number of aromatic amines is 1. The van der Waals surface area contributed by atoms with Crippen LogP contribution < -0.4 is 4.90 Å². The van der Waals surface area contributed by atoms with Crippen LogP contribution in [0.1, 0.15) is 0 Å². The van der Waals surface area contributed by atoms with Crippen molar-refractivity contribution in [2.24, 2.45) is 0 Å². The Balaban J connectivity index is 1.82. The molecule has 8 nitrogen and oxygen atoms in total. The van der Waals surface area contributed by atoms with Crippen molar-refractivity contribution >= 4 is 23.3 Å². The van der Waals surface area contributed by atoms with Crippen molar-refractivity contribution in [2.75, 3.05) is 37.6 Å². The number of aromatic nitrogens is 2. The zero-order valence-corrected chi connectivity index (χ0v) is 13.5. The summed E-state index contributed by atoms with van der Waals surface area (Å²) in [6.45, 7) is 2.57.